The highest BCUT2D eigenvalue weighted by molar-refractivity contribution is 5.74. The lowest BCUT2D eigenvalue weighted by Gasteiger charge is -2.24. The number of carboxylic acid groups (broad SMARTS) is 1. The van der Waals surface area contributed by atoms with E-state index in [0.29, 0.717) is 44.4 Å². The first-order valence-electron chi connectivity index (χ1n) is 13.2. The van der Waals surface area contributed by atoms with Gasteiger partial charge in [0.15, 0.2) is 6.10 Å². The molecule has 0 bridgehead atoms. The number of carbonyl (C=O) groups is 2. The van der Waals surface area contributed by atoms with Crippen LogP contribution in [-0.2, 0) is 22.4 Å². The molecule has 1 atom stereocenters. The van der Waals surface area contributed by atoms with Crippen LogP contribution in [0.2, 0.25) is 0 Å². The largest absolute Gasteiger partial charge is 0.492 e. The van der Waals surface area contributed by atoms with E-state index in [4.69, 9.17) is 9.47 Å². The Morgan fingerprint density at radius 2 is 1.75 bits per heavy atom. The van der Waals surface area contributed by atoms with Crippen LogP contribution in [0.15, 0.2) is 54.6 Å². The van der Waals surface area contributed by atoms with Gasteiger partial charge in [-0.2, -0.15) is 0 Å². The van der Waals surface area contributed by atoms with Crippen molar-refractivity contribution < 1.29 is 24.2 Å². The highest BCUT2D eigenvalue weighted by Crippen LogP contribution is 2.27. The Hall–Kier alpha value is -3.06. The number of urea groups is 1. The summed E-state index contributed by atoms with van der Waals surface area (Å²) in [7, 11) is 0. The van der Waals surface area contributed by atoms with Crippen molar-refractivity contribution in [2.24, 2.45) is 5.92 Å². The van der Waals surface area contributed by atoms with Crippen LogP contribution < -0.4 is 10.1 Å². The molecule has 2 aromatic carbocycles. The van der Waals surface area contributed by atoms with Gasteiger partial charge in [0.25, 0.3) is 0 Å². The number of ether oxygens (including phenoxy) is 2. The van der Waals surface area contributed by atoms with E-state index in [1.165, 1.54) is 31.2 Å². The first kappa shape index (κ1) is 27.5. The van der Waals surface area contributed by atoms with E-state index in [0.717, 1.165) is 24.9 Å². The molecule has 2 aromatic rings. The summed E-state index contributed by atoms with van der Waals surface area (Å²) in [5.74, 6) is 0.448. The molecule has 0 aromatic heterocycles. The number of nitrogens with zero attached hydrogens (tertiary/aromatic N) is 1. The average Bonchev–Trinajstić information content (AvgIpc) is 3.41. The molecule has 0 aliphatic heterocycles. The average molecular weight is 497 g/mol. The number of nitrogens with one attached hydrogen (secondary N) is 1. The molecule has 0 radical (unpaired) electrons. The van der Waals surface area contributed by atoms with Crippen LogP contribution in [0.3, 0.4) is 0 Å². The van der Waals surface area contributed by atoms with Crippen LogP contribution in [0.1, 0.15) is 50.2 Å². The van der Waals surface area contributed by atoms with E-state index in [1.54, 1.807) is 6.92 Å². The highest BCUT2D eigenvalue weighted by Gasteiger charge is 2.20. The fourth-order valence-electron chi connectivity index (χ4n) is 4.65. The molecule has 0 heterocycles. The summed E-state index contributed by atoms with van der Waals surface area (Å²) < 4.78 is 11.2. The second-order valence-electron chi connectivity index (χ2n) is 9.37. The third-order valence-electron chi connectivity index (χ3n) is 6.72. The van der Waals surface area contributed by atoms with Crippen molar-refractivity contribution in [1.82, 2.24) is 10.2 Å². The summed E-state index contributed by atoms with van der Waals surface area (Å²) in [4.78, 5) is 26.1. The van der Waals surface area contributed by atoms with Crippen molar-refractivity contribution >= 4 is 12.0 Å². The summed E-state index contributed by atoms with van der Waals surface area (Å²) in [5, 5.41) is 12.3. The van der Waals surface area contributed by atoms with E-state index in [2.05, 4.69) is 17.4 Å². The Morgan fingerprint density at radius 1 is 1.03 bits per heavy atom. The third-order valence-corrected chi connectivity index (χ3v) is 6.72. The van der Waals surface area contributed by atoms with Gasteiger partial charge in [0.2, 0.25) is 0 Å². The molecule has 7 heteroatoms. The highest BCUT2D eigenvalue weighted by atomic mass is 16.5. The number of carboxylic acids is 1. The molecule has 0 spiro atoms. The number of hydrogen-bond acceptors (Lipinski definition) is 4. The minimum atomic E-state index is -0.961. The van der Waals surface area contributed by atoms with Gasteiger partial charge in [0.1, 0.15) is 12.4 Å². The first-order valence-corrected chi connectivity index (χ1v) is 13.2. The molecule has 0 saturated heterocycles. The molecule has 7 nitrogen and oxygen atoms in total. The third kappa shape index (κ3) is 9.53. The zero-order chi connectivity index (χ0) is 25.6. The normalized spacial score (nSPS) is 14.4. The Balaban J connectivity index is 1.47. The number of amides is 2. The number of aliphatic carboxylic acids is 1. The van der Waals surface area contributed by atoms with Crippen molar-refractivity contribution in [1.29, 1.82) is 0 Å². The predicted octanol–water partition coefficient (Wildman–Crippen LogP) is 4.93. The Labute approximate surface area is 214 Å². The Bertz CT molecular complexity index is 913. The molecule has 3 rings (SSSR count). The molecule has 2 N–H and O–H groups in total. The number of benzene rings is 2. The molecule has 1 aliphatic carbocycles. The summed E-state index contributed by atoms with van der Waals surface area (Å²) in [6.45, 7) is 4.38. The fraction of sp³-hybridized carbons (Fsp3) is 0.517. The molecule has 1 aliphatic rings. The smallest absolute Gasteiger partial charge is 0.333 e. The van der Waals surface area contributed by atoms with E-state index < -0.39 is 12.1 Å². The van der Waals surface area contributed by atoms with Crippen LogP contribution in [0.25, 0.3) is 0 Å². The van der Waals surface area contributed by atoms with Gasteiger partial charge in [-0.15, -0.1) is 0 Å². The minimum Gasteiger partial charge on any atom is -0.492 e. The van der Waals surface area contributed by atoms with Gasteiger partial charge < -0.3 is 24.8 Å². The standard InChI is InChI=1S/C29H40N2O5/c1-2-35-27(28(32)33)22-25-12-14-26(15-13-25)36-21-20-31(19-17-24-10-6-7-11-24)29(34)30-18-16-23-8-4-3-5-9-23/h3-5,8-9,12-15,24,27H,2,6-7,10-11,16-22H2,1H3,(H,30,34)(H,32,33). The van der Waals surface area contributed by atoms with Crippen LogP contribution in [0.4, 0.5) is 4.79 Å². The quantitative estimate of drug-likeness (QED) is 0.365. The lowest BCUT2D eigenvalue weighted by atomic mass is 10.0. The number of carbonyl (C=O) groups excluding carboxylic acids is 1. The second kappa shape index (κ2) is 15.1. The molecule has 1 unspecified atom stereocenters. The van der Waals surface area contributed by atoms with Gasteiger partial charge in [-0.05, 0) is 48.9 Å². The molecule has 2 amide bonds. The topological polar surface area (TPSA) is 88.1 Å². The maximum atomic E-state index is 12.9. The summed E-state index contributed by atoms with van der Waals surface area (Å²) >= 11 is 0. The van der Waals surface area contributed by atoms with Crippen molar-refractivity contribution in [3.05, 3.63) is 65.7 Å². The van der Waals surface area contributed by atoms with Crippen molar-refractivity contribution in [3.8, 4) is 5.75 Å². The van der Waals surface area contributed by atoms with E-state index in [1.807, 2.05) is 47.4 Å². The minimum absolute atomic E-state index is 0.0430. The zero-order valence-corrected chi connectivity index (χ0v) is 21.4. The van der Waals surface area contributed by atoms with E-state index >= 15 is 0 Å². The monoisotopic (exact) mass is 496 g/mol. The van der Waals surface area contributed by atoms with E-state index in [9.17, 15) is 14.7 Å². The van der Waals surface area contributed by atoms with Gasteiger partial charge in [-0.25, -0.2) is 9.59 Å². The van der Waals surface area contributed by atoms with Gasteiger partial charge in [0, 0.05) is 26.1 Å². The van der Waals surface area contributed by atoms with Crippen LogP contribution in [-0.4, -0.2) is 61.0 Å². The molecule has 196 valence electrons. The van der Waals surface area contributed by atoms with Gasteiger partial charge in [-0.3, -0.25) is 0 Å². The van der Waals surface area contributed by atoms with Gasteiger partial charge in [0.05, 0.1) is 6.54 Å². The predicted molar refractivity (Wildman–Crippen MR) is 140 cm³/mol. The van der Waals surface area contributed by atoms with Crippen molar-refractivity contribution in [3.63, 3.8) is 0 Å². The summed E-state index contributed by atoms with van der Waals surface area (Å²) in [6, 6.07) is 17.5. The molecular formula is C29H40N2O5. The van der Waals surface area contributed by atoms with Crippen molar-refractivity contribution in [2.75, 3.05) is 32.8 Å². The summed E-state index contributed by atoms with van der Waals surface area (Å²) in [6.07, 6.45) is 6.41. The summed E-state index contributed by atoms with van der Waals surface area (Å²) in [5.41, 5.74) is 2.08. The number of hydrogen-bond donors (Lipinski definition) is 2. The van der Waals surface area contributed by atoms with Crippen LogP contribution in [0.5, 0.6) is 5.75 Å². The van der Waals surface area contributed by atoms with Gasteiger partial charge >= 0.3 is 12.0 Å². The van der Waals surface area contributed by atoms with Gasteiger partial charge in [-0.1, -0.05) is 68.1 Å². The molecule has 36 heavy (non-hydrogen) atoms. The maximum Gasteiger partial charge on any atom is 0.333 e. The zero-order valence-electron chi connectivity index (χ0n) is 21.4. The SMILES string of the molecule is CCOC(Cc1ccc(OCCN(CCC2CCCC2)C(=O)NCCc2ccccc2)cc1)C(=O)O. The fourth-order valence-corrected chi connectivity index (χ4v) is 4.65. The lowest BCUT2D eigenvalue weighted by Crippen LogP contribution is -2.43. The molecule has 1 saturated carbocycles. The molecular weight excluding hydrogens is 456 g/mol. The van der Waals surface area contributed by atoms with Crippen LogP contribution >= 0.6 is 0 Å². The lowest BCUT2D eigenvalue weighted by molar-refractivity contribution is -0.149. The van der Waals surface area contributed by atoms with E-state index in [-0.39, 0.29) is 6.03 Å². The maximum absolute atomic E-state index is 12.9. The van der Waals surface area contributed by atoms with Crippen LogP contribution in [0, 0.1) is 5.92 Å². The Morgan fingerprint density at radius 3 is 2.42 bits per heavy atom. The molecule has 1 fully saturated rings. The number of rotatable bonds is 15. The van der Waals surface area contributed by atoms with Crippen molar-refractivity contribution in [2.45, 2.75) is 58.0 Å². The Kier molecular flexibility index (Phi) is 11.6. The second-order valence-corrected chi connectivity index (χ2v) is 9.37. The first-order chi connectivity index (χ1) is 17.5.